The van der Waals surface area contributed by atoms with E-state index in [4.69, 9.17) is 13.9 Å². The smallest absolute Gasteiger partial charge is 0.277 e. The molecule has 0 atom stereocenters. The number of aryl methyl sites for hydroxylation is 1. The molecule has 25 heavy (non-hydrogen) atoms. The molecule has 0 amide bonds. The van der Waals surface area contributed by atoms with E-state index in [9.17, 15) is 0 Å². The molecule has 0 spiro atoms. The zero-order chi connectivity index (χ0) is 17.1. The number of hydrogen-bond donors (Lipinski definition) is 0. The largest absolute Gasteiger partial charge is 0.454 e. The van der Waals surface area contributed by atoms with Crippen molar-refractivity contribution in [2.45, 2.75) is 37.3 Å². The number of thioether (sulfide) groups is 1. The maximum Gasteiger partial charge on any atom is 0.277 e. The summed E-state index contributed by atoms with van der Waals surface area (Å²) < 4.78 is 18.2. The van der Waals surface area contributed by atoms with Crippen LogP contribution in [0.25, 0.3) is 11.5 Å². The van der Waals surface area contributed by atoms with Gasteiger partial charge in [0, 0.05) is 12.1 Å². The molecule has 9 nitrogen and oxygen atoms in total. The standard InChI is InChI=1S/C15H16N6O3S/c1-2-3-6-21-13(16-19-20-21)8-25-15-18-17-14(24-15)10-4-5-11-12(7-10)23-9-22-11/h4-5,7H,2-3,6,8-9H2,1H3. The number of tetrazole rings is 1. The quantitative estimate of drug-likeness (QED) is 0.588. The Labute approximate surface area is 147 Å². The van der Waals surface area contributed by atoms with Gasteiger partial charge in [0.25, 0.3) is 5.22 Å². The molecule has 0 saturated heterocycles. The van der Waals surface area contributed by atoms with Gasteiger partial charge in [-0.25, -0.2) is 4.68 Å². The maximum atomic E-state index is 5.72. The summed E-state index contributed by atoms with van der Waals surface area (Å²) in [5.41, 5.74) is 0.788. The van der Waals surface area contributed by atoms with Crippen LogP contribution in [-0.2, 0) is 12.3 Å². The number of ether oxygens (including phenoxy) is 2. The Morgan fingerprint density at radius 3 is 3.00 bits per heavy atom. The molecule has 0 saturated carbocycles. The van der Waals surface area contributed by atoms with Crippen LogP contribution in [0.5, 0.6) is 11.5 Å². The summed E-state index contributed by atoms with van der Waals surface area (Å²) in [7, 11) is 0. The van der Waals surface area contributed by atoms with Crippen LogP contribution in [0.1, 0.15) is 25.6 Å². The minimum atomic E-state index is 0.233. The van der Waals surface area contributed by atoms with Crippen molar-refractivity contribution >= 4 is 11.8 Å². The highest BCUT2D eigenvalue weighted by molar-refractivity contribution is 7.98. The van der Waals surface area contributed by atoms with E-state index >= 15 is 0 Å². The first-order valence-corrected chi connectivity index (χ1v) is 8.93. The molecular weight excluding hydrogens is 344 g/mol. The summed E-state index contributed by atoms with van der Waals surface area (Å²) in [5, 5.41) is 20.4. The monoisotopic (exact) mass is 360 g/mol. The third-order valence-corrected chi connectivity index (χ3v) is 4.49. The van der Waals surface area contributed by atoms with Gasteiger partial charge in [0.15, 0.2) is 17.3 Å². The van der Waals surface area contributed by atoms with Crippen LogP contribution in [0, 0.1) is 0 Å². The van der Waals surface area contributed by atoms with Crippen LogP contribution >= 0.6 is 11.8 Å². The van der Waals surface area contributed by atoms with Gasteiger partial charge in [0.05, 0.1) is 5.75 Å². The average molecular weight is 360 g/mol. The summed E-state index contributed by atoms with van der Waals surface area (Å²) in [4.78, 5) is 0. The Kier molecular flexibility index (Phi) is 4.51. The Balaban J connectivity index is 1.43. The van der Waals surface area contributed by atoms with E-state index in [0.29, 0.717) is 22.6 Å². The van der Waals surface area contributed by atoms with Gasteiger partial charge in [-0.1, -0.05) is 25.1 Å². The molecule has 10 heteroatoms. The molecule has 0 unspecified atom stereocenters. The second kappa shape index (κ2) is 7.09. The topological polar surface area (TPSA) is 101 Å². The molecule has 0 aliphatic carbocycles. The van der Waals surface area contributed by atoms with Crippen molar-refractivity contribution in [3.63, 3.8) is 0 Å². The van der Waals surface area contributed by atoms with Gasteiger partial charge in [0.1, 0.15) is 0 Å². The van der Waals surface area contributed by atoms with Gasteiger partial charge in [-0.05, 0) is 35.0 Å². The van der Waals surface area contributed by atoms with Crippen molar-refractivity contribution in [2.75, 3.05) is 6.79 Å². The normalized spacial score (nSPS) is 12.7. The number of nitrogens with zero attached hydrogens (tertiary/aromatic N) is 6. The van der Waals surface area contributed by atoms with Gasteiger partial charge in [-0.2, -0.15) is 0 Å². The molecule has 0 fully saturated rings. The zero-order valence-corrected chi connectivity index (χ0v) is 14.4. The third kappa shape index (κ3) is 3.43. The summed E-state index contributed by atoms with van der Waals surface area (Å²) >= 11 is 1.41. The van der Waals surface area contributed by atoms with Crippen molar-refractivity contribution in [1.82, 2.24) is 30.4 Å². The predicted molar refractivity (Wildman–Crippen MR) is 88.1 cm³/mol. The van der Waals surface area contributed by atoms with Crippen LogP contribution in [0.3, 0.4) is 0 Å². The molecule has 4 rings (SSSR count). The van der Waals surface area contributed by atoms with Crippen LogP contribution in [-0.4, -0.2) is 37.2 Å². The van der Waals surface area contributed by atoms with Crippen LogP contribution in [0.15, 0.2) is 27.8 Å². The first-order chi connectivity index (χ1) is 12.3. The Morgan fingerprint density at radius 1 is 1.16 bits per heavy atom. The number of unbranched alkanes of at least 4 members (excludes halogenated alkanes) is 1. The van der Waals surface area contributed by atoms with Crippen molar-refractivity contribution in [3.8, 4) is 23.0 Å². The van der Waals surface area contributed by atoms with Gasteiger partial charge in [-0.3, -0.25) is 0 Å². The summed E-state index contributed by atoms with van der Waals surface area (Å²) in [6, 6.07) is 5.52. The second-order valence-electron chi connectivity index (χ2n) is 5.40. The Bertz CT molecular complexity index is 865. The van der Waals surface area contributed by atoms with E-state index in [1.54, 1.807) is 0 Å². The molecule has 1 aliphatic heterocycles. The van der Waals surface area contributed by atoms with E-state index < -0.39 is 0 Å². The van der Waals surface area contributed by atoms with Gasteiger partial charge >= 0.3 is 0 Å². The summed E-state index contributed by atoms with van der Waals surface area (Å²) in [5.74, 6) is 3.20. The molecule has 0 bridgehead atoms. The molecule has 130 valence electrons. The number of aromatic nitrogens is 6. The van der Waals surface area contributed by atoms with Crippen molar-refractivity contribution in [3.05, 3.63) is 24.0 Å². The van der Waals surface area contributed by atoms with E-state index in [1.807, 2.05) is 22.9 Å². The lowest BCUT2D eigenvalue weighted by atomic mass is 10.2. The van der Waals surface area contributed by atoms with Gasteiger partial charge in [-0.15, -0.1) is 15.3 Å². The maximum absolute atomic E-state index is 5.72. The fourth-order valence-electron chi connectivity index (χ4n) is 2.35. The van der Waals surface area contributed by atoms with Crippen molar-refractivity contribution in [1.29, 1.82) is 0 Å². The van der Waals surface area contributed by atoms with E-state index in [2.05, 4.69) is 32.6 Å². The van der Waals surface area contributed by atoms with Crippen LogP contribution < -0.4 is 9.47 Å². The van der Waals surface area contributed by atoms with Gasteiger partial charge < -0.3 is 13.9 Å². The molecule has 0 radical (unpaired) electrons. The fourth-order valence-corrected chi connectivity index (χ4v) is 3.04. The number of hydrogen-bond acceptors (Lipinski definition) is 9. The van der Waals surface area contributed by atoms with E-state index in [1.165, 1.54) is 11.8 Å². The minimum absolute atomic E-state index is 0.233. The zero-order valence-electron chi connectivity index (χ0n) is 13.6. The lowest BCUT2D eigenvalue weighted by Gasteiger charge is -2.01. The highest BCUT2D eigenvalue weighted by atomic mass is 32.2. The second-order valence-corrected chi connectivity index (χ2v) is 6.33. The molecule has 1 aliphatic rings. The Hall–Kier alpha value is -2.62. The van der Waals surface area contributed by atoms with E-state index in [-0.39, 0.29) is 6.79 Å². The van der Waals surface area contributed by atoms with Crippen molar-refractivity contribution in [2.24, 2.45) is 0 Å². The molecule has 3 aromatic rings. The minimum Gasteiger partial charge on any atom is -0.454 e. The Morgan fingerprint density at radius 2 is 2.08 bits per heavy atom. The lowest BCUT2D eigenvalue weighted by Crippen LogP contribution is -2.04. The fraction of sp³-hybridized carbons (Fsp3) is 0.400. The molecule has 0 N–H and O–H groups in total. The average Bonchev–Trinajstić information content (AvgIpc) is 3.37. The summed E-state index contributed by atoms with van der Waals surface area (Å²) in [6.45, 7) is 3.18. The number of benzene rings is 1. The van der Waals surface area contributed by atoms with Crippen molar-refractivity contribution < 1.29 is 13.9 Å². The highest BCUT2D eigenvalue weighted by Gasteiger charge is 2.17. The number of fused-ring (bicyclic) bond motifs is 1. The number of rotatable bonds is 7. The molecule has 2 aromatic heterocycles. The van der Waals surface area contributed by atoms with Crippen LogP contribution in [0.4, 0.5) is 0 Å². The predicted octanol–water partition coefficient (Wildman–Crippen LogP) is 2.54. The molecule has 1 aromatic carbocycles. The molecule has 3 heterocycles. The first kappa shape index (κ1) is 15.9. The lowest BCUT2D eigenvalue weighted by molar-refractivity contribution is 0.174. The summed E-state index contributed by atoms with van der Waals surface area (Å²) in [6.07, 6.45) is 2.13. The SMILES string of the molecule is CCCCn1nnnc1CSc1nnc(-c2ccc3c(c2)OCO3)o1. The first-order valence-electron chi connectivity index (χ1n) is 7.95. The van der Waals surface area contributed by atoms with E-state index in [0.717, 1.165) is 36.5 Å². The van der Waals surface area contributed by atoms with Gasteiger partial charge in [0.2, 0.25) is 12.7 Å². The highest BCUT2D eigenvalue weighted by Crippen LogP contribution is 2.36. The van der Waals surface area contributed by atoms with Crippen LogP contribution in [0.2, 0.25) is 0 Å². The molecular formula is C15H16N6O3S. The third-order valence-electron chi connectivity index (χ3n) is 3.68.